The summed E-state index contributed by atoms with van der Waals surface area (Å²) in [4.78, 5) is 10.4. The van der Waals surface area contributed by atoms with Crippen molar-refractivity contribution < 1.29 is 4.42 Å². The third-order valence-corrected chi connectivity index (χ3v) is 10.4. The molecule has 0 saturated carbocycles. The smallest absolute Gasteiger partial charge is 0.157 e. The van der Waals surface area contributed by atoms with Gasteiger partial charge in [-0.25, -0.2) is 4.99 Å². The number of hydrogen-bond donors (Lipinski definition) is 1. The quantitative estimate of drug-likeness (QED) is 0.149. The standard InChI is InChI=1S/C44H31N3OS/c1-27(31-21-23-38-37(24-31)34-22-20-29-14-8-9-17-33(29)42(34)48-38)46-44(47-43(45)30-15-6-3-7-16-30)32-25-36(28-12-4-2-5-13-28)41-35-18-10-11-19-39(35)49-40(41)26-32/h2-27H,1H3,(H2,45,46,47). The first-order valence-corrected chi connectivity index (χ1v) is 17.2. The molecule has 7 aromatic carbocycles. The van der Waals surface area contributed by atoms with Gasteiger partial charge in [0.05, 0.1) is 6.04 Å². The summed E-state index contributed by atoms with van der Waals surface area (Å²) >= 11 is 1.79. The van der Waals surface area contributed by atoms with Crippen molar-refractivity contribution in [1.82, 2.24) is 0 Å². The van der Waals surface area contributed by atoms with Gasteiger partial charge < -0.3 is 10.2 Å². The van der Waals surface area contributed by atoms with Gasteiger partial charge in [0.1, 0.15) is 17.0 Å². The number of hydrogen-bond acceptors (Lipinski definition) is 3. The van der Waals surface area contributed by atoms with Crippen molar-refractivity contribution in [3.05, 3.63) is 168 Å². The fourth-order valence-corrected chi connectivity index (χ4v) is 8.00. The third-order valence-electron chi connectivity index (χ3n) is 9.30. The Balaban J connectivity index is 1.23. The highest BCUT2D eigenvalue weighted by atomic mass is 32.1. The lowest BCUT2D eigenvalue weighted by molar-refractivity contribution is 0.672. The van der Waals surface area contributed by atoms with E-state index in [0.29, 0.717) is 11.7 Å². The van der Waals surface area contributed by atoms with Gasteiger partial charge in [-0.3, -0.25) is 4.99 Å². The van der Waals surface area contributed by atoms with Crippen molar-refractivity contribution in [2.24, 2.45) is 15.7 Å². The molecule has 4 nitrogen and oxygen atoms in total. The Morgan fingerprint density at radius 2 is 1.37 bits per heavy atom. The Hall–Kier alpha value is -6.04. The molecule has 2 heterocycles. The Kier molecular flexibility index (Phi) is 7.06. The van der Waals surface area contributed by atoms with Crippen LogP contribution in [0.4, 0.5) is 0 Å². The lowest BCUT2D eigenvalue weighted by Crippen LogP contribution is -2.16. The van der Waals surface area contributed by atoms with E-state index >= 15 is 0 Å². The third kappa shape index (κ3) is 5.16. The van der Waals surface area contributed by atoms with Crippen LogP contribution in [0.2, 0.25) is 0 Å². The summed E-state index contributed by atoms with van der Waals surface area (Å²) in [6.07, 6.45) is 0. The minimum Gasteiger partial charge on any atom is -0.455 e. The van der Waals surface area contributed by atoms with E-state index in [1.165, 1.54) is 20.2 Å². The molecular weight excluding hydrogens is 619 g/mol. The molecule has 49 heavy (non-hydrogen) atoms. The van der Waals surface area contributed by atoms with Crippen LogP contribution < -0.4 is 5.73 Å². The second kappa shape index (κ2) is 11.9. The van der Waals surface area contributed by atoms with Gasteiger partial charge >= 0.3 is 0 Å². The maximum atomic E-state index is 6.70. The Labute approximate surface area is 287 Å². The van der Waals surface area contributed by atoms with Gasteiger partial charge in [0.2, 0.25) is 0 Å². The summed E-state index contributed by atoms with van der Waals surface area (Å²) in [5.74, 6) is 1.01. The van der Waals surface area contributed by atoms with Gasteiger partial charge in [0.15, 0.2) is 5.84 Å². The molecule has 1 unspecified atom stereocenters. The zero-order chi connectivity index (χ0) is 32.9. The molecule has 0 aliphatic heterocycles. The lowest BCUT2D eigenvalue weighted by atomic mass is 9.96. The van der Waals surface area contributed by atoms with E-state index in [4.69, 9.17) is 20.1 Å². The first kappa shape index (κ1) is 29.1. The monoisotopic (exact) mass is 649 g/mol. The van der Waals surface area contributed by atoms with Crippen LogP contribution in [0, 0.1) is 0 Å². The predicted octanol–water partition coefficient (Wildman–Crippen LogP) is 11.7. The number of fused-ring (bicyclic) bond motifs is 8. The zero-order valence-corrected chi connectivity index (χ0v) is 27.6. The van der Waals surface area contributed by atoms with E-state index in [-0.39, 0.29) is 6.04 Å². The number of thiophene rings is 1. The molecule has 0 amide bonds. The molecule has 5 heteroatoms. The van der Waals surface area contributed by atoms with Crippen LogP contribution in [0.3, 0.4) is 0 Å². The average molecular weight is 650 g/mol. The molecule has 9 rings (SSSR count). The van der Waals surface area contributed by atoms with Gasteiger partial charge in [-0.1, -0.05) is 115 Å². The van der Waals surface area contributed by atoms with E-state index < -0.39 is 0 Å². The first-order valence-electron chi connectivity index (χ1n) is 16.4. The fraction of sp³-hybridized carbons (Fsp3) is 0.0455. The number of furan rings is 1. The van der Waals surface area contributed by atoms with Crippen LogP contribution >= 0.6 is 11.3 Å². The Morgan fingerprint density at radius 1 is 0.633 bits per heavy atom. The van der Waals surface area contributed by atoms with Crippen molar-refractivity contribution in [3.8, 4) is 11.1 Å². The minimum atomic E-state index is -0.213. The molecule has 0 spiro atoms. The highest BCUT2D eigenvalue weighted by Crippen LogP contribution is 2.41. The van der Waals surface area contributed by atoms with Crippen molar-refractivity contribution in [2.45, 2.75) is 13.0 Å². The van der Waals surface area contributed by atoms with Gasteiger partial charge in [-0.15, -0.1) is 11.3 Å². The topological polar surface area (TPSA) is 63.9 Å². The van der Waals surface area contributed by atoms with Crippen LogP contribution in [0.1, 0.15) is 29.7 Å². The average Bonchev–Trinajstić information content (AvgIpc) is 3.73. The van der Waals surface area contributed by atoms with Crippen molar-refractivity contribution in [2.75, 3.05) is 0 Å². The number of nitrogens with two attached hydrogens (primary N) is 1. The van der Waals surface area contributed by atoms with Crippen LogP contribution in [-0.2, 0) is 0 Å². The summed E-state index contributed by atoms with van der Waals surface area (Å²) in [5.41, 5.74) is 13.6. The van der Waals surface area contributed by atoms with Crippen LogP contribution in [0.15, 0.2) is 166 Å². The van der Waals surface area contributed by atoms with Crippen molar-refractivity contribution in [1.29, 1.82) is 0 Å². The number of amidine groups is 2. The van der Waals surface area contributed by atoms with Crippen LogP contribution in [0.25, 0.3) is 64.0 Å². The molecule has 1 atom stereocenters. The Bertz CT molecular complexity index is 2740. The number of nitrogens with zero attached hydrogens (tertiary/aromatic N) is 2. The highest BCUT2D eigenvalue weighted by molar-refractivity contribution is 7.26. The summed E-state index contributed by atoms with van der Waals surface area (Å²) < 4.78 is 8.84. The van der Waals surface area contributed by atoms with Crippen LogP contribution in [-0.4, -0.2) is 11.7 Å². The summed E-state index contributed by atoms with van der Waals surface area (Å²) in [7, 11) is 0. The SMILES string of the molecule is CC(/N=C(\N=C(/N)c1ccccc1)c1cc(-c2ccccc2)c2c(c1)sc1ccccc12)c1ccc2oc3c4ccccc4ccc3c2c1. The van der Waals surface area contributed by atoms with Crippen LogP contribution in [0.5, 0.6) is 0 Å². The van der Waals surface area contributed by atoms with E-state index in [2.05, 4.69) is 128 Å². The van der Waals surface area contributed by atoms with E-state index in [0.717, 1.165) is 60.5 Å². The molecule has 0 radical (unpaired) electrons. The normalized spacial score (nSPS) is 13.2. The molecule has 0 saturated heterocycles. The lowest BCUT2D eigenvalue weighted by Gasteiger charge is -2.13. The molecule has 2 aromatic heterocycles. The maximum absolute atomic E-state index is 6.70. The summed E-state index contributed by atoms with van der Waals surface area (Å²) in [5, 5.41) is 6.94. The summed E-state index contributed by atoms with van der Waals surface area (Å²) in [6.45, 7) is 2.11. The summed E-state index contributed by atoms with van der Waals surface area (Å²) in [6, 6.07) is 52.3. The second-order valence-electron chi connectivity index (χ2n) is 12.4. The fourth-order valence-electron chi connectivity index (χ4n) is 6.82. The predicted molar refractivity (Wildman–Crippen MR) is 208 cm³/mol. The number of benzene rings is 7. The Morgan fingerprint density at radius 3 is 2.20 bits per heavy atom. The maximum Gasteiger partial charge on any atom is 0.157 e. The molecule has 9 aromatic rings. The van der Waals surface area contributed by atoms with E-state index in [1.807, 2.05) is 30.3 Å². The number of aliphatic imine (C=N–C) groups is 2. The van der Waals surface area contributed by atoms with Crippen molar-refractivity contribution in [3.63, 3.8) is 0 Å². The second-order valence-corrected chi connectivity index (χ2v) is 13.5. The largest absolute Gasteiger partial charge is 0.455 e. The van der Waals surface area contributed by atoms with E-state index in [1.54, 1.807) is 11.3 Å². The van der Waals surface area contributed by atoms with Gasteiger partial charge in [0.25, 0.3) is 0 Å². The number of rotatable bonds is 5. The zero-order valence-electron chi connectivity index (χ0n) is 26.8. The molecule has 0 aliphatic rings. The van der Waals surface area contributed by atoms with Gasteiger partial charge in [-0.2, -0.15) is 0 Å². The molecule has 0 bridgehead atoms. The molecule has 234 valence electrons. The van der Waals surface area contributed by atoms with Gasteiger partial charge in [0, 0.05) is 47.5 Å². The van der Waals surface area contributed by atoms with Crippen molar-refractivity contribution >= 4 is 75.9 Å². The molecule has 0 aliphatic carbocycles. The highest BCUT2D eigenvalue weighted by Gasteiger charge is 2.18. The van der Waals surface area contributed by atoms with Gasteiger partial charge in [-0.05, 0) is 65.4 Å². The minimum absolute atomic E-state index is 0.213. The molecular formula is C44H31N3OS. The molecule has 0 fully saturated rings. The van der Waals surface area contributed by atoms with E-state index in [9.17, 15) is 0 Å². The molecule has 2 N–H and O–H groups in total. The first-order chi connectivity index (χ1) is 24.1.